The molecule has 1 unspecified atom stereocenters. The standard InChI is InChI=1S/C16H26ClNO/c1-3-4-5-6-7-11-19-16-10-8-9-15(17)14(16)12-13(2)18/h8-10,13H,3-7,11-12,18H2,1-2H3. The smallest absolute Gasteiger partial charge is 0.124 e. The lowest BCUT2D eigenvalue weighted by atomic mass is 10.1. The first-order valence-electron chi connectivity index (χ1n) is 7.31. The fourth-order valence-electron chi connectivity index (χ4n) is 2.08. The summed E-state index contributed by atoms with van der Waals surface area (Å²) in [5.41, 5.74) is 6.89. The van der Waals surface area contributed by atoms with Crippen molar-refractivity contribution in [3.05, 3.63) is 28.8 Å². The molecule has 0 radical (unpaired) electrons. The van der Waals surface area contributed by atoms with Gasteiger partial charge in [-0.25, -0.2) is 0 Å². The van der Waals surface area contributed by atoms with Gasteiger partial charge < -0.3 is 10.5 Å². The van der Waals surface area contributed by atoms with Crippen LogP contribution in [0.1, 0.15) is 51.5 Å². The van der Waals surface area contributed by atoms with Crippen molar-refractivity contribution in [1.29, 1.82) is 0 Å². The quantitative estimate of drug-likeness (QED) is 0.673. The Bertz CT molecular complexity index is 366. The third-order valence-electron chi connectivity index (χ3n) is 3.11. The van der Waals surface area contributed by atoms with Gasteiger partial charge in [-0.3, -0.25) is 0 Å². The maximum absolute atomic E-state index is 6.22. The van der Waals surface area contributed by atoms with Gasteiger partial charge in [0.15, 0.2) is 0 Å². The summed E-state index contributed by atoms with van der Waals surface area (Å²) in [6.07, 6.45) is 6.97. The number of ether oxygens (including phenoxy) is 1. The second-order valence-electron chi connectivity index (χ2n) is 5.16. The zero-order valence-corrected chi connectivity index (χ0v) is 12.9. The molecule has 0 aliphatic rings. The van der Waals surface area contributed by atoms with E-state index in [9.17, 15) is 0 Å². The Morgan fingerprint density at radius 1 is 1.21 bits per heavy atom. The zero-order chi connectivity index (χ0) is 14.1. The third-order valence-corrected chi connectivity index (χ3v) is 3.46. The predicted octanol–water partition coefficient (Wildman–Crippen LogP) is 4.58. The van der Waals surface area contributed by atoms with Crippen LogP contribution in [-0.2, 0) is 6.42 Å². The molecule has 1 rings (SSSR count). The minimum atomic E-state index is 0.0896. The number of halogens is 1. The molecule has 0 aromatic heterocycles. The first-order valence-corrected chi connectivity index (χ1v) is 7.68. The molecule has 2 nitrogen and oxygen atoms in total. The van der Waals surface area contributed by atoms with Crippen molar-refractivity contribution >= 4 is 11.6 Å². The highest BCUT2D eigenvalue weighted by Gasteiger charge is 2.10. The molecular formula is C16H26ClNO. The number of nitrogens with two attached hydrogens (primary N) is 1. The Labute approximate surface area is 122 Å². The van der Waals surface area contributed by atoms with Gasteiger partial charge in [0.05, 0.1) is 6.61 Å². The van der Waals surface area contributed by atoms with Crippen LogP contribution in [0.15, 0.2) is 18.2 Å². The van der Waals surface area contributed by atoms with Crippen molar-refractivity contribution < 1.29 is 4.74 Å². The van der Waals surface area contributed by atoms with Crippen LogP contribution in [0.3, 0.4) is 0 Å². The lowest BCUT2D eigenvalue weighted by Crippen LogP contribution is -2.18. The van der Waals surface area contributed by atoms with Crippen LogP contribution in [0.5, 0.6) is 5.75 Å². The third kappa shape index (κ3) is 6.31. The molecule has 3 heteroatoms. The summed E-state index contributed by atoms with van der Waals surface area (Å²) in [6.45, 7) is 4.97. The molecule has 1 aromatic carbocycles. The lowest BCUT2D eigenvalue weighted by molar-refractivity contribution is 0.301. The van der Waals surface area contributed by atoms with Crippen molar-refractivity contribution in [2.45, 2.75) is 58.4 Å². The number of unbranched alkanes of at least 4 members (excludes halogenated alkanes) is 4. The molecule has 0 saturated carbocycles. The Balaban J connectivity index is 2.46. The summed E-state index contributed by atoms with van der Waals surface area (Å²) in [5, 5.41) is 0.751. The fourth-order valence-corrected chi connectivity index (χ4v) is 2.32. The topological polar surface area (TPSA) is 35.2 Å². The molecule has 0 amide bonds. The average molecular weight is 284 g/mol. The van der Waals surface area contributed by atoms with E-state index in [1.807, 2.05) is 25.1 Å². The van der Waals surface area contributed by atoms with Crippen LogP contribution >= 0.6 is 11.6 Å². The summed E-state index contributed by atoms with van der Waals surface area (Å²) in [4.78, 5) is 0. The summed E-state index contributed by atoms with van der Waals surface area (Å²) < 4.78 is 5.86. The zero-order valence-electron chi connectivity index (χ0n) is 12.1. The maximum Gasteiger partial charge on any atom is 0.124 e. The average Bonchev–Trinajstić information content (AvgIpc) is 2.37. The largest absolute Gasteiger partial charge is 0.493 e. The number of hydrogen-bond acceptors (Lipinski definition) is 2. The van der Waals surface area contributed by atoms with E-state index in [0.29, 0.717) is 0 Å². The fraction of sp³-hybridized carbons (Fsp3) is 0.625. The van der Waals surface area contributed by atoms with Gasteiger partial charge in [0.2, 0.25) is 0 Å². The first-order chi connectivity index (χ1) is 9.15. The van der Waals surface area contributed by atoms with Gasteiger partial charge >= 0.3 is 0 Å². The Kier molecular flexibility index (Phi) is 7.92. The van der Waals surface area contributed by atoms with E-state index in [2.05, 4.69) is 6.92 Å². The minimum Gasteiger partial charge on any atom is -0.493 e. The molecule has 0 fully saturated rings. The van der Waals surface area contributed by atoms with Crippen LogP contribution in [-0.4, -0.2) is 12.6 Å². The maximum atomic E-state index is 6.22. The van der Waals surface area contributed by atoms with Gasteiger partial charge in [0, 0.05) is 16.6 Å². The van der Waals surface area contributed by atoms with Gasteiger partial charge in [-0.15, -0.1) is 0 Å². The Hall–Kier alpha value is -0.730. The van der Waals surface area contributed by atoms with Gasteiger partial charge in [0.1, 0.15) is 5.75 Å². The van der Waals surface area contributed by atoms with Crippen LogP contribution in [0, 0.1) is 0 Å². The van der Waals surface area contributed by atoms with Gasteiger partial charge in [0.25, 0.3) is 0 Å². The first kappa shape index (κ1) is 16.3. The number of benzene rings is 1. The van der Waals surface area contributed by atoms with Crippen LogP contribution in [0.25, 0.3) is 0 Å². The molecule has 1 atom stereocenters. The van der Waals surface area contributed by atoms with Crippen molar-refractivity contribution in [3.63, 3.8) is 0 Å². The van der Waals surface area contributed by atoms with Crippen molar-refractivity contribution in [1.82, 2.24) is 0 Å². The molecule has 2 N–H and O–H groups in total. The molecule has 0 aliphatic carbocycles. The van der Waals surface area contributed by atoms with E-state index in [1.165, 1.54) is 25.7 Å². The van der Waals surface area contributed by atoms with Crippen LogP contribution in [0.4, 0.5) is 0 Å². The van der Waals surface area contributed by atoms with Crippen molar-refractivity contribution in [2.75, 3.05) is 6.61 Å². The SMILES string of the molecule is CCCCCCCOc1cccc(Cl)c1CC(C)N. The monoisotopic (exact) mass is 283 g/mol. The second-order valence-corrected chi connectivity index (χ2v) is 5.57. The molecule has 0 heterocycles. The normalized spacial score (nSPS) is 12.4. The molecule has 0 aliphatic heterocycles. The molecule has 0 saturated heterocycles. The predicted molar refractivity (Wildman–Crippen MR) is 83.1 cm³/mol. The summed E-state index contributed by atoms with van der Waals surface area (Å²) >= 11 is 6.22. The summed E-state index contributed by atoms with van der Waals surface area (Å²) in [5.74, 6) is 0.889. The highest BCUT2D eigenvalue weighted by atomic mass is 35.5. The minimum absolute atomic E-state index is 0.0896. The van der Waals surface area contributed by atoms with Gasteiger partial charge in [-0.2, -0.15) is 0 Å². The molecule has 108 valence electrons. The van der Waals surface area contributed by atoms with E-state index >= 15 is 0 Å². The van der Waals surface area contributed by atoms with E-state index < -0.39 is 0 Å². The highest BCUT2D eigenvalue weighted by Crippen LogP contribution is 2.27. The summed E-state index contributed by atoms with van der Waals surface area (Å²) in [6, 6.07) is 5.90. The van der Waals surface area contributed by atoms with Gasteiger partial charge in [-0.1, -0.05) is 50.3 Å². The lowest BCUT2D eigenvalue weighted by Gasteiger charge is -2.14. The van der Waals surface area contributed by atoms with E-state index in [1.54, 1.807) is 0 Å². The molecule has 0 bridgehead atoms. The molecule has 0 spiro atoms. The van der Waals surface area contributed by atoms with Gasteiger partial charge in [-0.05, 0) is 31.9 Å². The van der Waals surface area contributed by atoms with Crippen molar-refractivity contribution in [2.24, 2.45) is 5.73 Å². The van der Waals surface area contributed by atoms with E-state index in [-0.39, 0.29) is 6.04 Å². The van der Waals surface area contributed by atoms with Crippen molar-refractivity contribution in [3.8, 4) is 5.75 Å². The Morgan fingerprint density at radius 3 is 2.63 bits per heavy atom. The number of hydrogen-bond donors (Lipinski definition) is 1. The van der Waals surface area contributed by atoms with E-state index in [0.717, 1.165) is 35.8 Å². The second kappa shape index (κ2) is 9.22. The molecule has 1 aromatic rings. The Morgan fingerprint density at radius 2 is 1.95 bits per heavy atom. The van der Waals surface area contributed by atoms with E-state index in [4.69, 9.17) is 22.1 Å². The number of rotatable bonds is 9. The molecular weight excluding hydrogens is 258 g/mol. The van der Waals surface area contributed by atoms with Crippen LogP contribution < -0.4 is 10.5 Å². The molecule has 19 heavy (non-hydrogen) atoms. The highest BCUT2D eigenvalue weighted by molar-refractivity contribution is 6.31. The summed E-state index contributed by atoms with van der Waals surface area (Å²) in [7, 11) is 0. The van der Waals surface area contributed by atoms with Crippen LogP contribution in [0.2, 0.25) is 5.02 Å².